The molecule has 0 aliphatic carbocycles. The fourth-order valence-corrected chi connectivity index (χ4v) is 3.80. The van der Waals surface area contributed by atoms with Gasteiger partial charge >= 0.3 is 0 Å². The highest BCUT2D eigenvalue weighted by Crippen LogP contribution is 2.27. The van der Waals surface area contributed by atoms with Gasteiger partial charge in [-0.3, -0.25) is 0 Å². The van der Waals surface area contributed by atoms with Gasteiger partial charge in [0.1, 0.15) is 0 Å². The van der Waals surface area contributed by atoms with Crippen molar-refractivity contribution in [1.29, 1.82) is 0 Å². The second-order valence-electron chi connectivity index (χ2n) is 6.66. The fraction of sp³-hybridized carbons (Fsp3) is 0.167. The van der Waals surface area contributed by atoms with E-state index in [2.05, 4.69) is 86.6 Å². The van der Waals surface area contributed by atoms with Crippen molar-refractivity contribution in [2.75, 3.05) is 0 Å². The minimum Gasteiger partial charge on any atom is -0.0616 e. The summed E-state index contributed by atoms with van der Waals surface area (Å²) in [6.07, 6.45) is 2.17. The first-order chi connectivity index (χ1) is 11.7. The normalized spacial score (nSPS) is 11.2. The molecule has 0 aromatic heterocycles. The average Bonchev–Trinajstić information content (AvgIpc) is 2.62. The molecule has 0 heteroatoms. The van der Waals surface area contributed by atoms with E-state index in [0.717, 1.165) is 12.8 Å². The predicted molar refractivity (Wildman–Crippen MR) is 105 cm³/mol. The highest BCUT2D eigenvalue weighted by atomic mass is 14.1. The standard InChI is InChI=1S/C24H22/c1-17-11-13-19-7-3-5-9-23(19)21(17)15-16-22-18(2)12-14-20-8-4-6-10-24(20)22/h3-14H,15-16H2,1-2H3. The Morgan fingerprint density at radius 3 is 1.38 bits per heavy atom. The zero-order valence-electron chi connectivity index (χ0n) is 14.3. The molecule has 0 spiro atoms. The van der Waals surface area contributed by atoms with Gasteiger partial charge in [0.2, 0.25) is 0 Å². The van der Waals surface area contributed by atoms with Crippen LogP contribution in [-0.2, 0) is 12.8 Å². The van der Waals surface area contributed by atoms with Crippen LogP contribution in [0.4, 0.5) is 0 Å². The molecule has 0 fully saturated rings. The molecule has 4 aromatic rings. The van der Waals surface area contributed by atoms with Gasteiger partial charge in [0.25, 0.3) is 0 Å². The number of hydrogen-bond donors (Lipinski definition) is 0. The summed E-state index contributed by atoms with van der Waals surface area (Å²) in [6, 6.07) is 26.5. The molecule has 0 bridgehead atoms. The lowest BCUT2D eigenvalue weighted by atomic mass is 9.91. The van der Waals surface area contributed by atoms with Gasteiger partial charge in [-0.2, -0.15) is 0 Å². The minimum atomic E-state index is 1.09. The summed E-state index contributed by atoms with van der Waals surface area (Å²) >= 11 is 0. The number of rotatable bonds is 3. The van der Waals surface area contributed by atoms with E-state index >= 15 is 0 Å². The molecular weight excluding hydrogens is 288 g/mol. The van der Waals surface area contributed by atoms with E-state index in [0.29, 0.717) is 0 Å². The van der Waals surface area contributed by atoms with Gasteiger partial charge in [0.05, 0.1) is 0 Å². The van der Waals surface area contributed by atoms with Crippen LogP contribution in [0.1, 0.15) is 22.3 Å². The summed E-state index contributed by atoms with van der Waals surface area (Å²) < 4.78 is 0. The minimum absolute atomic E-state index is 1.09. The topological polar surface area (TPSA) is 0 Å². The van der Waals surface area contributed by atoms with Crippen LogP contribution < -0.4 is 0 Å². The first-order valence-corrected chi connectivity index (χ1v) is 8.68. The van der Waals surface area contributed by atoms with E-state index in [9.17, 15) is 0 Å². The van der Waals surface area contributed by atoms with E-state index in [1.165, 1.54) is 43.8 Å². The number of hydrogen-bond acceptors (Lipinski definition) is 0. The highest BCUT2D eigenvalue weighted by molar-refractivity contribution is 5.88. The van der Waals surface area contributed by atoms with Crippen molar-refractivity contribution in [3.05, 3.63) is 95.1 Å². The van der Waals surface area contributed by atoms with Crippen molar-refractivity contribution in [2.24, 2.45) is 0 Å². The van der Waals surface area contributed by atoms with Crippen molar-refractivity contribution >= 4 is 21.5 Å². The summed E-state index contributed by atoms with van der Waals surface area (Å²) in [5.74, 6) is 0. The molecule has 4 rings (SSSR count). The Morgan fingerprint density at radius 2 is 0.917 bits per heavy atom. The van der Waals surface area contributed by atoms with Gasteiger partial charge in [-0.05, 0) is 70.5 Å². The predicted octanol–water partition coefficient (Wildman–Crippen LogP) is 6.40. The number of aryl methyl sites for hydroxylation is 4. The van der Waals surface area contributed by atoms with Crippen molar-refractivity contribution in [3.63, 3.8) is 0 Å². The second-order valence-corrected chi connectivity index (χ2v) is 6.66. The van der Waals surface area contributed by atoms with Gasteiger partial charge in [-0.25, -0.2) is 0 Å². The molecular formula is C24H22. The van der Waals surface area contributed by atoms with E-state index in [1.807, 2.05) is 0 Å². The Labute approximate surface area is 143 Å². The Kier molecular flexibility index (Phi) is 3.82. The molecule has 0 unspecified atom stereocenters. The van der Waals surface area contributed by atoms with Crippen molar-refractivity contribution < 1.29 is 0 Å². The smallest absolute Gasteiger partial charge is 0.0149 e. The van der Waals surface area contributed by atoms with Crippen LogP contribution in [0.3, 0.4) is 0 Å². The molecule has 0 saturated heterocycles. The highest BCUT2D eigenvalue weighted by Gasteiger charge is 2.08. The van der Waals surface area contributed by atoms with Gasteiger partial charge in [-0.1, -0.05) is 72.8 Å². The molecule has 0 radical (unpaired) electrons. The van der Waals surface area contributed by atoms with Crippen LogP contribution in [0.2, 0.25) is 0 Å². The lowest BCUT2D eigenvalue weighted by molar-refractivity contribution is 0.957. The van der Waals surface area contributed by atoms with E-state index in [1.54, 1.807) is 0 Å². The summed E-state index contributed by atoms with van der Waals surface area (Å²) in [6.45, 7) is 4.47. The Balaban J connectivity index is 1.77. The maximum absolute atomic E-state index is 2.26. The maximum Gasteiger partial charge on any atom is -0.0149 e. The first kappa shape index (κ1) is 15.0. The lowest BCUT2D eigenvalue weighted by Gasteiger charge is -2.14. The van der Waals surface area contributed by atoms with Gasteiger partial charge < -0.3 is 0 Å². The average molecular weight is 310 g/mol. The molecule has 118 valence electrons. The monoisotopic (exact) mass is 310 g/mol. The molecule has 4 aromatic carbocycles. The molecule has 0 aliphatic rings. The van der Waals surface area contributed by atoms with Crippen molar-refractivity contribution in [2.45, 2.75) is 26.7 Å². The van der Waals surface area contributed by atoms with Gasteiger partial charge in [0.15, 0.2) is 0 Å². The quantitative estimate of drug-likeness (QED) is 0.411. The summed E-state index contributed by atoms with van der Waals surface area (Å²) in [5, 5.41) is 5.48. The molecule has 24 heavy (non-hydrogen) atoms. The molecule has 0 saturated carbocycles. The summed E-state index contributed by atoms with van der Waals surface area (Å²) in [7, 11) is 0. The Bertz CT molecular complexity index is 939. The fourth-order valence-electron chi connectivity index (χ4n) is 3.80. The van der Waals surface area contributed by atoms with E-state index in [-0.39, 0.29) is 0 Å². The third-order valence-corrected chi connectivity index (χ3v) is 5.17. The Morgan fingerprint density at radius 1 is 0.500 bits per heavy atom. The second kappa shape index (κ2) is 6.13. The molecule has 0 atom stereocenters. The van der Waals surface area contributed by atoms with E-state index < -0.39 is 0 Å². The van der Waals surface area contributed by atoms with Crippen LogP contribution in [0.25, 0.3) is 21.5 Å². The maximum atomic E-state index is 2.26. The summed E-state index contributed by atoms with van der Waals surface area (Å²) in [5.41, 5.74) is 5.76. The van der Waals surface area contributed by atoms with Crippen LogP contribution >= 0.6 is 0 Å². The first-order valence-electron chi connectivity index (χ1n) is 8.68. The van der Waals surface area contributed by atoms with Gasteiger partial charge in [-0.15, -0.1) is 0 Å². The van der Waals surface area contributed by atoms with Crippen LogP contribution in [-0.4, -0.2) is 0 Å². The van der Waals surface area contributed by atoms with Crippen molar-refractivity contribution in [3.8, 4) is 0 Å². The largest absolute Gasteiger partial charge is 0.0616 e. The lowest BCUT2D eigenvalue weighted by Crippen LogP contribution is -1.98. The van der Waals surface area contributed by atoms with Gasteiger partial charge in [0, 0.05) is 0 Å². The Hall–Kier alpha value is -2.60. The molecule has 0 amide bonds. The third kappa shape index (κ3) is 2.59. The molecule has 0 nitrogen and oxygen atoms in total. The number of fused-ring (bicyclic) bond motifs is 2. The van der Waals surface area contributed by atoms with Crippen molar-refractivity contribution in [1.82, 2.24) is 0 Å². The third-order valence-electron chi connectivity index (χ3n) is 5.17. The van der Waals surface area contributed by atoms with E-state index in [4.69, 9.17) is 0 Å². The summed E-state index contributed by atoms with van der Waals surface area (Å²) in [4.78, 5) is 0. The molecule has 0 heterocycles. The van der Waals surface area contributed by atoms with Crippen LogP contribution in [0.15, 0.2) is 72.8 Å². The molecule has 0 aliphatic heterocycles. The SMILES string of the molecule is Cc1ccc2ccccc2c1CCc1c(C)ccc2ccccc12. The van der Waals surface area contributed by atoms with Crippen LogP contribution in [0.5, 0.6) is 0 Å². The number of benzene rings is 4. The van der Waals surface area contributed by atoms with Crippen LogP contribution in [0, 0.1) is 13.8 Å². The zero-order valence-corrected chi connectivity index (χ0v) is 14.3. The molecule has 0 N–H and O–H groups in total. The zero-order chi connectivity index (χ0) is 16.5.